The average Bonchev–Trinajstić information content (AvgIpc) is 3.78. The highest BCUT2D eigenvalue weighted by molar-refractivity contribution is 6.09. The summed E-state index contributed by atoms with van der Waals surface area (Å²) in [5, 5.41) is 2.58. The van der Waals surface area contributed by atoms with Crippen LogP contribution in [-0.4, -0.2) is 4.57 Å². The summed E-state index contributed by atoms with van der Waals surface area (Å²) in [5.74, 6) is 3.81. The maximum absolute atomic E-state index is 2.61. The van der Waals surface area contributed by atoms with Crippen molar-refractivity contribution in [2.24, 2.45) is 23.7 Å². The van der Waals surface area contributed by atoms with E-state index in [9.17, 15) is 0 Å². The van der Waals surface area contributed by atoms with Crippen molar-refractivity contribution in [3.63, 3.8) is 0 Å². The van der Waals surface area contributed by atoms with Gasteiger partial charge in [0.2, 0.25) is 0 Å². The summed E-state index contributed by atoms with van der Waals surface area (Å²) in [7, 11) is 0. The van der Waals surface area contributed by atoms with Crippen LogP contribution in [0.15, 0.2) is 146 Å². The van der Waals surface area contributed by atoms with Crippen LogP contribution in [0.25, 0.3) is 27.5 Å². The number of rotatable bonds is 4. The average molecular weight is 675 g/mol. The Labute approximate surface area is 307 Å². The Balaban J connectivity index is 1.09. The van der Waals surface area contributed by atoms with Crippen molar-refractivity contribution in [1.82, 2.24) is 4.57 Å². The monoisotopic (exact) mass is 674 g/mol. The molecule has 0 aliphatic heterocycles. The third-order valence-corrected chi connectivity index (χ3v) is 14.2. The molecule has 0 N–H and O–H groups in total. The van der Waals surface area contributed by atoms with E-state index in [1.165, 1.54) is 75.8 Å². The van der Waals surface area contributed by atoms with E-state index < -0.39 is 0 Å². The van der Waals surface area contributed by atoms with Gasteiger partial charge < -0.3 is 9.47 Å². The normalized spacial score (nSPS) is 26.5. The first-order valence-electron chi connectivity index (χ1n) is 19.6. The second-order valence-electron chi connectivity index (χ2n) is 17.1. The third kappa shape index (κ3) is 4.01. The van der Waals surface area contributed by atoms with Gasteiger partial charge in [0.25, 0.3) is 0 Å². The van der Waals surface area contributed by atoms with E-state index in [0.29, 0.717) is 5.92 Å². The second-order valence-corrected chi connectivity index (χ2v) is 17.1. The zero-order valence-electron chi connectivity index (χ0n) is 30.5. The van der Waals surface area contributed by atoms with Gasteiger partial charge in [-0.25, -0.2) is 0 Å². The van der Waals surface area contributed by atoms with Crippen molar-refractivity contribution in [3.05, 3.63) is 168 Å². The van der Waals surface area contributed by atoms with Gasteiger partial charge >= 0.3 is 0 Å². The summed E-state index contributed by atoms with van der Waals surface area (Å²) in [6, 6.07) is 55.0. The zero-order valence-corrected chi connectivity index (χ0v) is 30.5. The van der Waals surface area contributed by atoms with Gasteiger partial charge in [0.1, 0.15) is 0 Å². The maximum atomic E-state index is 2.61. The Morgan fingerprint density at radius 2 is 1.12 bits per heavy atom. The Morgan fingerprint density at radius 3 is 1.81 bits per heavy atom. The topological polar surface area (TPSA) is 8.17 Å². The summed E-state index contributed by atoms with van der Waals surface area (Å²) in [4.78, 5) is 2.48. The van der Waals surface area contributed by atoms with Crippen LogP contribution in [0, 0.1) is 23.7 Å². The van der Waals surface area contributed by atoms with Crippen molar-refractivity contribution in [2.45, 2.75) is 63.2 Å². The molecule has 2 bridgehead atoms. The number of para-hydroxylation sites is 3. The molecular formula is C50H46N2. The summed E-state index contributed by atoms with van der Waals surface area (Å²) < 4.78 is 2.41. The van der Waals surface area contributed by atoms with Crippen LogP contribution in [0.4, 0.5) is 17.1 Å². The predicted molar refractivity (Wildman–Crippen MR) is 217 cm³/mol. The Hall–Kier alpha value is -5.08. The molecule has 0 radical (unpaired) electrons. The minimum atomic E-state index is -0.107. The van der Waals surface area contributed by atoms with Crippen LogP contribution in [-0.2, 0) is 10.8 Å². The molecule has 6 atom stereocenters. The van der Waals surface area contributed by atoms with Crippen molar-refractivity contribution in [2.75, 3.05) is 4.90 Å². The maximum Gasteiger partial charge on any atom is 0.0541 e. The highest BCUT2D eigenvalue weighted by Crippen LogP contribution is 2.75. The highest BCUT2D eigenvalue weighted by Gasteiger charge is 2.68. The number of fused-ring (bicyclic) bond motifs is 5. The zero-order chi connectivity index (χ0) is 34.8. The van der Waals surface area contributed by atoms with E-state index in [4.69, 9.17) is 0 Å². The van der Waals surface area contributed by atoms with Gasteiger partial charge in [0, 0.05) is 44.4 Å². The number of aromatic nitrogens is 1. The van der Waals surface area contributed by atoms with Crippen molar-refractivity contribution in [3.8, 4) is 5.69 Å². The molecule has 1 aromatic heterocycles. The Kier molecular flexibility index (Phi) is 6.44. The van der Waals surface area contributed by atoms with Gasteiger partial charge in [-0.2, -0.15) is 0 Å². The van der Waals surface area contributed by atoms with Gasteiger partial charge in [-0.1, -0.05) is 106 Å². The van der Waals surface area contributed by atoms with Gasteiger partial charge in [-0.15, -0.1) is 0 Å². The molecule has 3 saturated carbocycles. The molecule has 0 saturated heterocycles. The molecule has 6 aromatic carbocycles. The summed E-state index contributed by atoms with van der Waals surface area (Å²) in [6.45, 7) is 7.54. The van der Waals surface area contributed by atoms with Crippen LogP contribution in [0.2, 0.25) is 0 Å². The highest BCUT2D eigenvalue weighted by atomic mass is 15.1. The number of benzene rings is 6. The lowest BCUT2D eigenvalue weighted by molar-refractivity contribution is 0.0822. The number of hydrogen-bond donors (Lipinski definition) is 0. The summed E-state index contributed by atoms with van der Waals surface area (Å²) in [5.41, 5.74) is 13.8. The Morgan fingerprint density at radius 1 is 0.538 bits per heavy atom. The van der Waals surface area contributed by atoms with E-state index >= 15 is 0 Å². The first-order valence-corrected chi connectivity index (χ1v) is 19.6. The fourth-order valence-electron chi connectivity index (χ4n) is 12.5. The minimum Gasteiger partial charge on any atom is -0.310 e. The molecule has 1 heterocycles. The second kappa shape index (κ2) is 11.0. The van der Waals surface area contributed by atoms with Crippen LogP contribution in [0.5, 0.6) is 0 Å². The first kappa shape index (κ1) is 30.5. The Bertz CT molecular complexity index is 2430. The molecule has 2 nitrogen and oxygen atoms in total. The fraction of sp³-hybridized carbons (Fsp3) is 0.280. The standard InChI is InChI=1S/C50H46N2/c1-32-27-34-29-33-30-35(28-32)50(34)44-26-25-39(31-45(44)49(2,3)43-18-10-7-17-42(43)48(33)50)51(36-13-5-4-6-14-36)37-21-23-38(24-22-37)52-46-19-11-8-15-40(46)41-16-9-12-20-47(41)52/h4-26,31-35,48H,27-30H2,1-3H3/t32-,33+,34+,35-,48?,50?. The lowest BCUT2D eigenvalue weighted by atomic mass is 9.53. The van der Waals surface area contributed by atoms with Gasteiger partial charge in [0.15, 0.2) is 0 Å². The van der Waals surface area contributed by atoms with Gasteiger partial charge in [0.05, 0.1) is 11.0 Å². The quantitative estimate of drug-likeness (QED) is 0.180. The first-order chi connectivity index (χ1) is 25.4. The van der Waals surface area contributed by atoms with E-state index in [0.717, 1.165) is 23.7 Å². The molecule has 256 valence electrons. The number of nitrogens with zero attached hydrogens (tertiary/aromatic N) is 2. The molecule has 4 aliphatic rings. The molecule has 0 amide bonds. The van der Waals surface area contributed by atoms with E-state index in [1.54, 1.807) is 16.7 Å². The van der Waals surface area contributed by atoms with Crippen molar-refractivity contribution in [1.29, 1.82) is 0 Å². The van der Waals surface area contributed by atoms with Crippen LogP contribution in [0.3, 0.4) is 0 Å². The molecule has 3 fully saturated rings. The SMILES string of the molecule is C[C@H]1C[C@@H]2C[C@@H]3C[C@H](C1)C21c2ccc(N(c4ccccc4)c4ccc(-n5c6ccccc6c6ccccc65)cc4)cc2C(C)(C)c2ccccc2C31. The molecule has 2 heteroatoms. The lowest BCUT2D eigenvalue weighted by Crippen LogP contribution is -2.46. The van der Waals surface area contributed by atoms with E-state index in [1.807, 2.05) is 0 Å². The minimum absolute atomic E-state index is 0.107. The number of hydrogen-bond acceptors (Lipinski definition) is 1. The molecule has 52 heavy (non-hydrogen) atoms. The largest absolute Gasteiger partial charge is 0.310 e. The van der Waals surface area contributed by atoms with Crippen LogP contribution >= 0.6 is 0 Å². The van der Waals surface area contributed by atoms with E-state index in [-0.39, 0.29) is 10.8 Å². The molecule has 4 aliphatic carbocycles. The fourth-order valence-corrected chi connectivity index (χ4v) is 12.5. The van der Waals surface area contributed by atoms with Crippen LogP contribution < -0.4 is 4.90 Å². The van der Waals surface area contributed by atoms with Gasteiger partial charge in [-0.05, 0) is 138 Å². The molecule has 1 spiro atoms. The lowest BCUT2D eigenvalue weighted by Gasteiger charge is -2.51. The van der Waals surface area contributed by atoms with Crippen molar-refractivity contribution >= 4 is 38.9 Å². The third-order valence-electron chi connectivity index (χ3n) is 14.2. The molecule has 11 rings (SSSR count). The number of anilines is 3. The van der Waals surface area contributed by atoms with E-state index in [2.05, 4.69) is 176 Å². The molecular weight excluding hydrogens is 629 g/mol. The van der Waals surface area contributed by atoms with Crippen molar-refractivity contribution < 1.29 is 0 Å². The smallest absolute Gasteiger partial charge is 0.0541 e. The van der Waals surface area contributed by atoms with Crippen LogP contribution in [0.1, 0.15) is 74.6 Å². The molecule has 7 aromatic rings. The molecule has 2 unspecified atom stereocenters. The van der Waals surface area contributed by atoms with Gasteiger partial charge in [-0.3, -0.25) is 0 Å². The predicted octanol–water partition coefficient (Wildman–Crippen LogP) is 13.0. The summed E-state index contributed by atoms with van der Waals surface area (Å²) in [6.07, 6.45) is 5.55. The summed E-state index contributed by atoms with van der Waals surface area (Å²) >= 11 is 0.